The molecule has 3 rings (SSSR count). The predicted molar refractivity (Wildman–Crippen MR) is 130 cm³/mol. The lowest BCUT2D eigenvalue weighted by molar-refractivity contribution is -0.120. The fraction of sp³-hybridized carbons (Fsp3) is 0.375. The third-order valence-electron chi connectivity index (χ3n) is 5.00. The van der Waals surface area contributed by atoms with Crippen molar-refractivity contribution in [3.05, 3.63) is 69.0 Å². The Morgan fingerprint density at radius 2 is 2.00 bits per heavy atom. The number of benzene rings is 2. The first kappa shape index (κ1) is 24.3. The molecule has 6 nitrogen and oxygen atoms in total. The minimum Gasteiger partial charge on any atom is -0.382 e. The van der Waals surface area contributed by atoms with Gasteiger partial charge in [-0.05, 0) is 51.0 Å². The zero-order valence-electron chi connectivity index (χ0n) is 18.6. The standard InChI is InChI=1S/C24H28ClN3O3S/c1-4-31-13-5-12-28-23(30)20-11-10-19(25)14-21(20)27-24(28)32-17(3)22(29)26-15-18-8-6-16(2)7-9-18/h6-11,14,17H,4-5,12-13,15H2,1-3H3,(H,26,29). The number of rotatable bonds is 10. The van der Waals surface area contributed by atoms with E-state index in [0.29, 0.717) is 53.8 Å². The van der Waals surface area contributed by atoms with Crippen LogP contribution >= 0.6 is 23.4 Å². The van der Waals surface area contributed by atoms with Crippen LogP contribution < -0.4 is 10.9 Å². The number of hydrogen-bond acceptors (Lipinski definition) is 5. The molecule has 0 aliphatic heterocycles. The van der Waals surface area contributed by atoms with E-state index in [4.69, 9.17) is 16.3 Å². The first-order chi connectivity index (χ1) is 15.4. The van der Waals surface area contributed by atoms with Crippen molar-refractivity contribution in [3.63, 3.8) is 0 Å². The van der Waals surface area contributed by atoms with Crippen LogP contribution in [0.2, 0.25) is 5.02 Å². The van der Waals surface area contributed by atoms with Crippen LogP contribution in [-0.2, 0) is 22.6 Å². The number of fused-ring (bicyclic) bond motifs is 1. The Morgan fingerprint density at radius 3 is 2.72 bits per heavy atom. The van der Waals surface area contributed by atoms with Crippen molar-refractivity contribution >= 4 is 40.2 Å². The van der Waals surface area contributed by atoms with Gasteiger partial charge in [0.25, 0.3) is 5.56 Å². The van der Waals surface area contributed by atoms with Crippen LogP contribution in [0.5, 0.6) is 0 Å². The Bertz CT molecular complexity index is 1130. The summed E-state index contributed by atoms with van der Waals surface area (Å²) in [6.45, 7) is 7.87. The van der Waals surface area contributed by atoms with Crippen molar-refractivity contribution in [1.29, 1.82) is 0 Å². The summed E-state index contributed by atoms with van der Waals surface area (Å²) >= 11 is 7.38. The molecule has 0 aliphatic rings. The quantitative estimate of drug-likeness (QED) is 0.265. The summed E-state index contributed by atoms with van der Waals surface area (Å²) in [5.74, 6) is -0.114. The van der Waals surface area contributed by atoms with Crippen LogP contribution in [0.1, 0.15) is 31.4 Å². The molecule has 0 saturated carbocycles. The average Bonchev–Trinajstić information content (AvgIpc) is 2.77. The maximum Gasteiger partial charge on any atom is 0.262 e. The number of ether oxygens (including phenoxy) is 1. The molecule has 1 N–H and O–H groups in total. The molecule has 0 aliphatic carbocycles. The van der Waals surface area contributed by atoms with Gasteiger partial charge in [-0.25, -0.2) is 4.98 Å². The SMILES string of the molecule is CCOCCCn1c(SC(C)C(=O)NCc2ccc(C)cc2)nc2cc(Cl)ccc2c1=O. The third kappa shape index (κ3) is 6.34. The third-order valence-corrected chi connectivity index (χ3v) is 6.32. The van der Waals surface area contributed by atoms with Crippen molar-refractivity contribution in [2.24, 2.45) is 0 Å². The maximum atomic E-state index is 13.1. The summed E-state index contributed by atoms with van der Waals surface area (Å²) in [6, 6.07) is 13.1. The van der Waals surface area contributed by atoms with E-state index in [1.807, 2.05) is 45.0 Å². The molecule has 0 radical (unpaired) electrons. The van der Waals surface area contributed by atoms with E-state index in [1.54, 1.807) is 22.8 Å². The molecule has 1 aromatic heterocycles. The minimum atomic E-state index is -0.429. The Kier molecular flexibility index (Phi) is 8.73. The molecular weight excluding hydrogens is 446 g/mol. The molecule has 1 atom stereocenters. The number of aromatic nitrogens is 2. The maximum absolute atomic E-state index is 13.1. The van der Waals surface area contributed by atoms with Gasteiger partial charge in [-0.3, -0.25) is 14.2 Å². The lowest BCUT2D eigenvalue weighted by Crippen LogP contribution is -2.32. The summed E-state index contributed by atoms with van der Waals surface area (Å²) in [4.78, 5) is 30.5. The van der Waals surface area contributed by atoms with Crippen molar-refractivity contribution in [1.82, 2.24) is 14.9 Å². The van der Waals surface area contributed by atoms with Crippen LogP contribution in [0.15, 0.2) is 52.4 Å². The molecule has 0 bridgehead atoms. The van der Waals surface area contributed by atoms with Gasteiger partial charge in [0.05, 0.1) is 16.2 Å². The molecule has 170 valence electrons. The van der Waals surface area contributed by atoms with Gasteiger partial charge in [-0.15, -0.1) is 0 Å². The Balaban J connectivity index is 1.78. The van der Waals surface area contributed by atoms with Crippen molar-refractivity contribution < 1.29 is 9.53 Å². The molecule has 0 fully saturated rings. The lowest BCUT2D eigenvalue weighted by Gasteiger charge is -2.16. The highest BCUT2D eigenvalue weighted by molar-refractivity contribution is 8.00. The van der Waals surface area contributed by atoms with Crippen LogP contribution in [0.4, 0.5) is 0 Å². The van der Waals surface area contributed by atoms with E-state index in [2.05, 4.69) is 10.3 Å². The highest BCUT2D eigenvalue weighted by Crippen LogP contribution is 2.24. The van der Waals surface area contributed by atoms with Gasteiger partial charge < -0.3 is 10.1 Å². The van der Waals surface area contributed by atoms with Crippen LogP contribution in [0.3, 0.4) is 0 Å². The van der Waals surface area contributed by atoms with E-state index in [1.165, 1.54) is 17.3 Å². The van der Waals surface area contributed by atoms with Crippen LogP contribution in [0, 0.1) is 6.92 Å². The van der Waals surface area contributed by atoms with Gasteiger partial charge in [-0.1, -0.05) is 53.2 Å². The van der Waals surface area contributed by atoms with Crippen molar-refractivity contribution in [2.45, 2.75) is 50.7 Å². The monoisotopic (exact) mass is 473 g/mol. The molecule has 0 spiro atoms. The number of nitrogens with one attached hydrogen (secondary N) is 1. The summed E-state index contributed by atoms with van der Waals surface area (Å²) in [6.07, 6.45) is 0.677. The molecule has 2 aromatic carbocycles. The number of amides is 1. The van der Waals surface area contributed by atoms with Gasteiger partial charge >= 0.3 is 0 Å². The second kappa shape index (κ2) is 11.5. The summed E-state index contributed by atoms with van der Waals surface area (Å²) in [5, 5.41) is 4.05. The molecule has 3 aromatic rings. The average molecular weight is 474 g/mol. The molecular formula is C24H28ClN3O3S. The van der Waals surface area contributed by atoms with E-state index < -0.39 is 5.25 Å². The largest absolute Gasteiger partial charge is 0.382 e. The summed E-state index contributed by atoms with van der Waals surface area (Å²) < 4.78 is 7.04. The topological polar surface area (TPSA) is 73.2 Å². The highest BCUT2D eigenvalue weighted by Gasteiger charge is 2.19. The summed E-state index contributed by atoms with van der Waals surface area (Å²) in [5.41, 5.74) is 2.59. The number of aryl methyl sites for hydroxylation is 1. The Labute approximate surface area is 197 Å². The van der Waals surface area contributed by atoms with Crippen molar-refractivity contribution in [3.8, 4) is 0 Å². The van der Waals surface area contributed by atoms with Gasteiger partial charge in [0.2, 0.25) is 5.91 Å². The first-order valence-corrected chi connectivity index (χ1v) is 11.9. The zero-order chi connectivity index (χ0) is 23.1. The van der Waals surface area contributed by atoms with E-state index >= 15 is 0 Å². The fourth-order valence-corrected chi connectivity index (χ4v) is 4.31. The first-order valence-electron chi connectivity index (χ1n) is 10.7. The van der Waals surface area contributed by atoms with Gasteiger partial charge in [0, 0.05) is 31.3 Å². The second-order valence-electron chi connectivity index (χ2n) is 7.53. The minimum absolute atomic E-state index is 0.114. The van der Waals surface area contributed by atoms with Crippen LogP contribution in [0.25, 0.3) is 10.9 Å². The normalized spacial score (nSPS) is 12.1. The molecule has 0 saturated heterocycles. The lowest BCUT2D eigenvalue weighted by atomic mass is 10.1. The van der Waals surface area contributed by atoms with Gasteiger partial charge in [0.15, 0.2) is 5.16 Å². The number of halogens is 1. The molecule has 1 heterocycles. The molecule has 1 unspecified atom stereocenters. The number of nitrogens with zero attached hydrogens (tertiary/aromatic N) is 2. The van der Waals surface area contributed by atoms with Gasteiger partial charge in [-0.2, -0.15) is 0 Å². The van der Waals surface area contributed by atoms with E-state index in [-0.39, 0.29) is 11.5 Å². The highest BCUT2D eigenvalue weighted by atomic mass is 35.5. The van der Waals surface area contributed by atoms with Gasteiger partial charge in [0.1, 0.15) is 0 Å². The second-order valence-corrected chi connectivity index (χ2v) is 9.27. The smallest absolute Gasteiger partial charge is 0.262 e. The molecule has 32 heavy (non-hydrogen) atoms. The van der Waals surface area contributed by atoms with Crippen LogP contribution in [-0.4, -0.2) is 33.9 Å². The van der Waals surface area contributed by atoms with Crippen molar-refractivity contribution in [2.75, 3.05) is 13.2 Å². The number of carbonyl (C=O) groups is 1. The fourth-order valence-electron chi connectivity index (χ4n) is 3.18. The Morgan fingerprint density at radius 1 is 1.25 bits per heavy atom. The predicted octanol–water partition coefficient (Wildman–Crippen LogP) is 4.58. The molecule has 8 heteroatoms. The number of carbonyl (C=O) groups excluding carboxylic acids is 1. The van der Waals surface area contributed by atoms with E-state index in [9.17, 15) is 9.59 Å². The van der Waals surface area contributed by atoms with E-state index in [0.717, 1.165) is 5.56 Å². The summed E-state index contributed by atoms with van der Waals surface area (Å²) in [7, 11) is 0. The number of hydrogen-bond donors (Lipinski definition) is 1. The molecule has 1 amide bonds. The Hall–Kier alpha value is -2.35. The number of thioether (sulfide) groups is 1. The zero-order valence-corrected chi connectivity index (χ0v) is 20.1.